The van der Waals surface area contributed by atoms with Crippen LogP contribution in [0.1, 0.15) is 11.1 Å². The van der Waals surface area contributed by atoms with E-state index in [9.17, 15) is 0 Å². The van der Waals surface area contributed by atoms with Crippen molar-refractivity contribution in [2.24, 2.45) is 0 Å². The van der Waals surface area contributed by atoms with Crippen LogP contribution in [-0.4, -0.2) is 4.98 Å². The highest BCUT2D eigenvalue weighted by Gasteiger charge is 2.00. The average molecular weight is 287 g/mol. The van der Waals surface area contributed by atoms with Crippen molar-refractivity contribution < 1.29 is 0 Å². The fourth-order valence-corrected chi connectivity index (χ4v) is 2.14. The van der Waals surface area contributed by atoms with Gasteiger partial charge in [0.2, 0.25) is 0 Å². The lowest BCUT2D eigenvalue weighted by Gasteiger charge is -2.08. The zero-order valence-corrected chi connectivity index (χ0v) is 12.1. The summed E-state index contributed by atoms with van der Waals surface area (Å²) in [5.74, 6) is 0.673. The Balaban J connectivity index is 1.78. The second-order valence-electron chi connectivity index (χ2n) is 4.94. The van der Waals surface area contributed by atoms with E-state index in [1.165, 1.54) is 5.56 Å². The molecule has 1 heterocycles. The lowest BCUT2D eigenvalue weighted by molar-refractivity contribution is 1.31. The molecule has 0 saturated heterocycles. The molecule has 3 nitrogen and oxygen atoms in total. The van der Waals surface area contributed by atoms with Crippen molar-refractivity contribution in [1.29, 1.82) is 0 Å². The highest BCUT2D eigenvalue weighted by molar-refractivity contribution is 5.74. The highest BCUT2D eigenvalue weighted by Crippen LogP contribution is 2.21. The summed E-state index contributed by atoms with van der Waals surface area (Å²) < 4.78 is 0. The smallest absolute Gasteiger partial charge is 0.153 e. The molecule has 0 radical (unpaired) electrons. The van der Waals surface area contributed by atoms with E-state index in [1.807, 2.05) is 42.5 Å². The van der Waals surface area contributed by atoms with Crippen molar-refractivity contribution in [3.05, 3.63) is 84.1 Å². The van der Waals surface area contributed by atoms with Crippen LogP contribution in [0.4, 0.5) is 17.2 Å². The second-order valence-corrected chi connectivity index (χ2v) is 4.94. The predicted octanol–water partition coefficient (Wildman–Crippen LogP) is 4.58. The molecule has 108 valence electrons. The molecule has 3 rings (SSSR count). The summed E-state index contributed by atoms with van der Waals surface area (Å²) in [6.45, 7) is 0. The number of anilines is 3. The second kappa shape index (κ2) is 6.59. The van der Waals surface area contributed by atoms with Crippen molar-refractivity contribution in [3.8, 4) is 0 Å². The minimum absolute atomic E-state index is 0.632. The Morgan fingerprint density at radius 2 is 1.59 bits per heavy atom. The van der Waals surface area contributed by atoms with Gasteiger partial charge in [-0.3, -0.25) is 0 Å². The lowest BCUT2D eigenvalue weighted by Crippen LogP contribution is -1.98. The average Bonchev–Trinajstić information content (AvgIpc) is 2.57. The first-order valence-corrected chi connectivity index (χ1v) is 7.12. The molecule has 0 fully saturated rings. The minimum atomic E-state index is 0.632. The number of hydrogen-bond donors (Lipinski definition) is 2. The zero-order chi connectivity index (χ0) is 15.2. The van der Waals surface area contributed by atoms with Gasteiger partial charge in [0.15, 0.2) is 5.82 Å². The van der Waals surface area contributed by atoms with E-state index < -0.39 is 0 Å². The Morgan fingerprint density at radius 3 is 2.41 bits per heavy atom. The number of nitrogens with one attached hydrogen (secondary N) is 1. The van der Waals surface area contributed by atoms with Crippen LogP contribution in [0, 0.1) is 0 Å². The maximum absolute atomic E-state index is 5.90. The summed E-state index contributed by atoms with van der Waals surface area (Å²) in [5, 5.41) is 3.24. The number of benzene rings is 2. The lowest BCUT2D eigenvalue weighted by atomic mass is 10.1. The third-order valence-electron chi connectivity index (χ3n) is 3.26. The van der Waals surface area contributed by atoms with E-state index >= 15 is 0 Å². The van der Waals surface area contributed by atoms with Gasteiger partial charge in [-0.05, 0) is 35.4 Å². The van der Waals surface area contributed by atoms with Crippen LogP contribution in [0.2, 0.25) is 0 Å². The van der Waals surface area contributed by atoms with Gasteiger partial charge in [-0.25, -0.2) is 4.98 Å². The molecule has 0 aliphatic heterocycles. The van der Waals surface area contributed by atoms with Crippen LogP contribution in [0.5, 0.6) is 0 Å². The summed E-state index contributed by atoms with van der Waals surface area (Å²) in [6.07, 6.45) is 5.90. The Morgan fingerprint density at radius 1 is 0.818 bits per heavy atom. The molecule has 0 aliphatic carbocycles. The van der Waals surface area contributed by atoms with E-state index in [2.05, 4.69) is 46.7 Å². The molecule has 0 saturated carbocycles. The minimum Gasteiger partial charge on any atom is -0.396 e. The van der Waals surface area contributed by atoms with Gasteiger partial charge in [0.05, 0.1) is 5.69 Å². The number of nitrogen functional groups attached to an aromatic ring is 1. The number of nitrogens with two attached hydrogens (primary N) is 1. The SMILES string of the molecule is Nc1cccnc1Nc1cccc(C=Cc2ccccc2)c1. The van der Waals surface area contributed by atoms with Gasteiger partial charge < -0.3 is 11.1 Å². The van der Waals surface area contributed by atoms with E-state index in [0.29, 0.717) is 11.5 Å². The van der Waals surface area contributed by atoms with Gasteiger partial charge >= 0.3 is 0 Å². The standard InChI is InChI=1S/C19H17N3/c20-18-10-5-13-21-19(18)22-17-9-4-8-16(14-17)12-11-15-6-2-1-3-7-15/h1-14H,20H2,(H,21,22). The van der Waals surface area contributed by atoms with E-state index in [0.717, 1.165) is 11.3 Å². The maximum Gasteiger partial charge on any atom is 0.153 e. The van der Waals surface area contributed by atoms with Crippen molar-refractivity contribution in [2.75, 3.05) is 11.1 Å². The molecule has 2 aromatic carbocycles. The zero-order valence-electron chi connectivity index (χ0n) is 12.1. The largest absolute Gasteiger partial charge is 0.396 e. The van der Waals surface area contributed by atoms with Gasteiger partial charge in [0.1, 0.15) is 0 Å². The van der Waals surface area contributed by atoms with Gasteiger partial charge in [0, 0.05) is 11.9 Å². The molecule has 1 aromatic heterocycles. The summed E-state index contributed by atoms with van der Waals surface area (Å²) in [5.41, 5.74) is 9.78. The first kappa shape index (κ1) is 13.9. The third-order valence-corrected chi connectivity index (χ3v) is 3.26. The van der Waals surface area contributed by atoms with Crippen LogP contribution in [0.3, 0.4) is 0 Å². The van der Waals surface area contributed by atoms with E-state index in [-0.39, 0.29) is 0 Å². The van der Waals surface area contributed by atoms with Gasteiger partial charge in [-0.1, -0.05) is 54.6 Å². The van der Waals surface area contributed by atoms with Gasteiger partial charge in [0.25, 0.3) is 0 Å². The van der Waals surface area contributed by atoms with Crippen LogP contribution in [0.15, 0.2) is 72.9 Å². The number of aromatic nitrogens is 1. The molecular formula is C19H17N3. The molecule has 3 N–H and O–H groups in total. The van der Waals surface area contributed by atoms with Crippen molar-refractivity contribution in [1.82, 2.24) is 4.98 Å². The Hall–Kier alpha value is -3.07. The van der Waals surface area contributed by atoms with Crippen LogP contribution < -0.4 is 11.1 Å². The summed E-state index contributed by atoms with van der Waals surface area (Å²) in [6, 6.07) is 22.0. The first-order valence-electron chi connectivity index (χ1n) is 7.12. The monoisotopic (exact) mass is 287 g/mol. The third kappa shape index (κ3) is 3.52. The van der Waals surface area contributed by atoms with Gasteiger partial charge in [-0.15, -0.1) is 0 Å². The highest BCUT2D eigenvalue weighted by atomic mass is 15.0. The fraction of sp³-hybridized carbons (Fsp3) is 0. The number of rotatable bonds is 4. The van der Waals surface area contributed by atoms with Gasteiger partial charge in [-0.2, -0.15) is 0 Å². The fourth-order valence-electron chi connectivity index (χ4n) is 2.14. The van der Waals surface area contributed by atoms with Crippen LogP contribution in [-0.2, 0) is 0 Å². The molecular weight excluding hydrogens is 270 g/mol. The van der Waals surface area contributed by atoms with Crippen molar-refractivity contribution in [3.63, 3.8) is 0 Å². The van der Waals surface area contributed by atoms with Crippen LogP contribution in [0.25, 0.3) is 12.2 Å². The van der Waals surface area contributed by atoms with Crippen LogP contribution >= 0.6 is 0 Å². The molecule has 0 unspecified atom stereocenters. The molecule has 0 bridgehead atoms. The Labute approximate surface area is 130 Å². The molecule has 0 spiro atoms. The Kier molecular flexibility index (Phi) is 4.16. The normalized spacial score (nSPS) is 10.7. The predicted molar refractivity (Wildman–Crippen MR) is 93.7 cm³/mol. The molecule has 0 atom stereocenters. The first-order chi connectivity index (χ1) is 10.8. The summed E-state index contributed by atoms with van der Waals surface area (Å²) >= 11 is 0. The maximum atomic E-state index is 5.90. The number of hydrogen-bond acceptors (Lipinski definition) is 3. The molecule has 0 aliphatic rings. The summed E-state index contributed by atoms with van der Waals surface area (Å²) in [7, 11) is 0. The van der Waals surface area contributed by atoms with Crippen molar-refractivity contribution in [2.45, 2.75) is 0 Å². The molecule has 3 heteroatoms. The Bertz CT molecular complexity index is 779. The van der Waals surface area contributed by atoms with E-state index in [1.54, 1.807) is 6.20 Å². The van der Waals surface area contributed by atoms with E-state index in [4.69, 9.17) is 5.73 Å². The molecule has 0 amide bonds. The quantitative estimate of drug-likeness (QED) is 0.691. The summed E-state index contributed by atoms with van der Waals surface area (Å²) in [4.78, 5) is 4.24. The topological polar surface area (TPSA) is 50.9 Å². The molecule has 3 aromatic rings. The molecule has 22 heavy (non-hydrogen) atoms. The number of pyridine rings is 1. The van der Waals surface area contributed by atoms with Crippen molar-refractivity contribution >= 4 is 29.3 Å². The number of nitrogens with zero attached hydrogens (tertiary/aromatic N) is 1.